The van der Waals surface area contributed by atoms with Crippen molar-refractivity contribution in [3.8, 4) is 0 Å². The Morgan fingerprint density at radius 3 is 2.11 bits per heavy atom. The molecule has 1 N–H and O–H groups in total. The van der Waals surface area contributed by atoms with Crippen molar-refractivity contribution in [1.29, 1.82) is 0 Å². The molecule has 0 fully saturated rings. The van der Waals surface area contributed by atoms with Gasteiger partial charge in [-0.15, -0.1) is 0 Å². The Kier molecular flexibility index (Phi) is 4.70. The first-order chi connectivity index (χ1) is 8.20. The molecule has 1 aromatic heterocycles. The largest absolute Gasteiger partial charge is 0.308 e. The van der Waals surface area contributed by atoms with Gasteiger partial charge in [-0.05, 0) is 68.3 Å². The van der Waals surface area contributed by atoms with E-state index in [1.807, 2.05) is 0 Å². The Labute approximate surface area is 128 Å². The topological polar surface area (TPSA) is 62.0 Å². The molecule has 1 atom stereocenters. The zero-order valence-electron chi connectivity index (χ0n) is 8.33. The summed E-state index contributed by atoms with van der Waals surface area (Å²) >= 11 is 30.0. The quantitative estimate of drug-likeness (QED) is 0.517. The van der Waals surface area contributed by atoms with Crippen LogP contribution in [-0.2, 0) is 0 Å². The van der Waals surface area contributed by atoms with E-state index >= 15 is 0 Å². The van der Waals surface area contributed by atoms with E-state index in [0.717, 1.165) is 0 Å². The fourth-order valence-electron chi connectivity index (χ4n) is 1.09. The maximum atomic E-state index is 6.26. The van der Waals surface area contributed by atoms with Crippen LogP contribution in [0.25, 0.3) is 0 Å². The van der Waals surface area contributed by atoms with E-state index in [9.17, 15) is 0 Å². The molecular weight excluding hydrogens is 400 g/mol. The predicted molar refractivity (Wildman–Crippen MR) is 85.2 cm³/mol. The second-order valence-corrected chi connectivity index (χ2v) is 16.4. The van der Waals surface area contributed by atoms with Crippen molar-refractivity contribution >= 4 is 80.6 Å². The number of hydrogen-bond donors (Lipinski definition) is 1. The van der Waals surface area contributed by atoms with Gasteiger partial charge in [0.2, 0.25) is 0 Å². The van der Waals surface area contributed by atoms with E-state index in [0.29, 0.717) is 5.82 Å². The summed E-state index contributed by atoms with van der Waals surface area (Å²) in [6.45, 7) is -2.94. The molecule has 13 heteroatoms. The van der Waals surface area contributed by atoms with Crippen LogP contribution in [0.2, 0.25) is 0 Å². The first-order valence-electron chi connectivity index (χ1n) is 4.29. The maximum Gasteiger partial charge on any atom is 0.262 e. The van der Waals surface area contributed by atoms with Crippen LogP contribution in [-0.4, -0.2) is 4.98 Å². The van der Waals surface area contributed by atoms with Gasteiger partial charge in [-0.3, -0.25) is 0 Å². The van der Waals surface area contributed by atoms with Crippen LogP contribution >= 0.6 is 74.7 Å². The summed E-state index contributed by atoms with van der Waals surface area (Å²) in [7, 11) is 0. The summed E-state index contributed by atoms with van der Waals surface area (Å²) in [6.07, 6.45) is 1.59. The zero-order chi connectivity index (χ0) is 13.4. The fraction of sp³-hybridized carbons (Fsp3) is 0. The highest BCUT2D eigenvalue weighted by Gasteiger charge is 2.32. The molecule has 0 spiro atoms. The van der Waals surface area contributed by atoms with E-state index in [4.69, 9.17) is 56.2 Å². The molecule has 0 unspecified atom stereocenters. The first kappa shape index (κ1) is 15.5. The molecule has 1 aliphatic heterocycles. The van der Waals surface area contributed by atoms with Crippen LogP contribution < -0.4 is 5.09 Å². The van der Waals surface area contributed by atoms with Crippen molar-refractivity contribution in [3.63, 3.8) is 0 Å². The van der Waals surface area contributed by atoms with Crippen LogP contribution in [0.3, 0.4) is 0 Å². The number of rotatable bonds is 2. The molecule has 100 valence electrons. The lowest BCUT2D eigenvalue weighted by Gasteiger charge is -2.22. The third kappa shape index (κ3) is 4.30. The van der Waals surface area contributed by atoms with E-state index in [1.165, 1.54) is 0 Å². The second-order valence-electron chi connectivity index (χ2n) is 3.03. The van der Waals surface area contributed by atoms with Gasteiger partial charge in [0.1, 0.15) is 5.82 Å². The van der Waals surface area contributed by atoms with E-state index in [-0.39, 0.29) is 0 Å². The number of hydrogen-bond acceptors (Lipinski definition) is 5. The van der Waals surface area contributed by atoms with Gasteiger partial charge in [0.25, 0.3) is 18.5 Å². The Morgan fingerprint density at radius 1 is 0.889 bits per heavy atom. The van der Waals surface area contributed by atoms with Gasteiger partial charge in [-0.1, -0.05) is 6.07 Å². The normalized spacial score (nSPS) is 28.5. The average molecular weight is 405 g/mol. The molecule has 0 aromatic carbocycles. The van der Waals surface area contributed by atoms with Crippen LogP contribution in [0.5, 0.6) is 0 Å². The molecule has 0 aliphatic carbocycles. The third-order valence-corrected chi connectivity index (χ3v) is 13.8. The van der Waals surface area contributed by atoms with Gasteiger partial charge < -0.3 is 5.09 Å². The smallest absolute Gasteiger partial charge is 0.262 e. The van der Waals surface area contributed by atoms with Crippen molar-refractivity contribution in [1.82, 2.24) is 4.98 Å². The second kappa shape index (κ2) is 5.47. The summed E-state index contributed by atoms with van der Waals surface area (Å²) < 4.78 is 11.9. The minimum Gasteiger partial charge on any atom is -0.308 e. The Hall–Kier alpha value is 1.09. The molecule has 5 nitrogen and oxygen atoms in total. The van der Waals surface area contributed by atoms with Crippen molar-refractivity contribution in [2.75, 3.05) is 5.09 Å². The monoisotopic (exact) mass is 403 g/mol. The van der Waals surface area contributed by atoms with Crippen molar-refractivity contribution in [2.24, 2.45) is 13.5 Å². The average Bonchev–Trinajstić information content (AvgIpc) is 2.11. The molecule has 0 amide bonds. The number of halogens is 5. The highest BCUT2D eigenvalue weighted by atomic mass is 35.9. The molecule has 1 aromatic rings. The van der Waals surface area contributed by atoms with Gasteiger partial charge in [0, 0.05) is 6.20 Å². The van der Waals surface area contributed by atoms with Crippen molar-refractivity contribution in [2.45, 2.75) is 0 Å². The number of nitrogens with zero attached hydrogens (tertiary/aromatic N) is 4. The lowest BCUT2D eigenvalue weighted by atomic mass is 10.5. The van der Waals surface area contributed by atoms with Gasteiger partial charge >= 0.3 is 0 Å². The molecule has 2 heterocycles. The molecule has 1 aliphatic rings. The first-order valence-corrected chi connectivity index (χ1v) is 13.9. The molecule has 0 saturated heterocycles. The SMILES string of the molecule is ClP1(Cl)=NP(Cl)(Cl)=N[P@@](Cl)(Nc2ccccn2)=N1. The Bertz CT molecular complexity index is 610. The van der Waals surface area contributed by atoms with Crippen molar-refractivity contribution in [3.05, 3.63) is 24.4 Å². The van der Waals surface area contributed by atoms with Gasteiger partial charge in [0.05, 0.1) is 0 Å². The van der Waals surface area contributed by atoms with Crippen LogP contribution in [0.4, 0.5) is 5.82 Å². The van der Waals surface area contributed by atoms with Gasteiger partial charge in [0.15, 0.2) is 0 Å². The Morgan fingerprint density at radius 2 is 1.56 bits per heavy atom. The number of anilines is 1. The van der Waals surface area contributed by atoms with Crippen LogP contribution in [0, 0.1) is 0 Å². The number of nitrogens with one attached hydrogen (secondary N) is 1. The third-order valence-electron chi connectivity index (χ3n) is 1.59. The van der Waals surface area contributed by atoms with Gasteiger partial charge in [-0.2, -0.15) is 13.5 Å². The highest BCUT2D eigenvalue weighted by Crippen LogP contribution is 2.86. The minimum atomic E-state index is -3.00. The lowest BCUT2D eigenvalue weighted by Crippen LogP contribution is -1.92. The molecule has 0 saturated carbocycles. The molecule has 0 bridgehead atoms. The van der Waals surface area contributed by atoms with Gasteiger partial charge in [-0.25, -0.2) is 4.98 Å². The molecule has 0 radical (unpaired) electrons. The highest BCUT2D eigenvalue weighted by molar-refractivity contribution is 8.22. The zero-order valence-corrected chi connectivity index (χ0v) is 14.8. The van der Waals surface area contributed by atoms with Crippen LogP contribution in [0.1, 0.15) is 0 Å². The standard InChI is InChI=1S/C5H5Cl5N5P3/c6-16(7)13-17(8,9)15-18(10,14-16)12-5-3-1-2-4-11-5/h1-4H,(H,11,12). The summed E-state index contributed by atoms with van der Waals surface area (Å²) in [5.74, 6) is -5.52. The Balaban J connectivity index is 2.47. The fourth-order valence-corrected chi connectivity index (χ4v) is 18.1. The summed E-state index contributed by atoms with van der Waals surface area (Å²) in [5.41, 5.74) is 0. The number of pyridine rings is 1. The predicted octanol–water partition coefficient (Wildman–Crippen LogP) is 7.54. The van der Waals surface area contributed by atoms with Crippen LogP contribution in [0.15, 0.2) is 37.9 Å². The van der Waals surface area contributed by atoms with E-state index in [1.54, 1.807) is 24.4 Å². The maximum absolute atomic E-state index is 6.26. The summed E-state index contributed by atoms with van der Waals surface area (Å²) in [6, 6.07) is 5.24. The minimum absolute atomic E-state index is 0.483. The van der Waals surface area contributed by atoms with E-state index in [2.05, 4.69) is 23.6 Å². The summed E-state index contributed by atoms with van der Waals surface area (Å²) in [5, 5.41) is 2.86. The molecule has 18 heavy (non-hydrogen) atoms. The molecule has 2 rings (SSSR count). The summed E-state index contributed by atoms with van der Waals surface area (Å²) in [4.78, 5) is 4.05. The molecular formula is C5H5Cl5N5P3. The number of aromatic nitrogens is 1. The van der Waals surface area contributed by atoms with Crippen molar-refractivity contribution < 1.29 is 0 Å². The lowest BCUT2D eigenvalue weighted by molar-refractivity contribution is 1.33. The van der Waals surface area contributed by atoms with E-state index < -0.39 is 18.5 Å².